The first-order valence-electron chi connectivity index (χ1n) is 11.4. The minimum atomic E-state index is -0.205. The number of H-pyrrole nitrogens is 1. The van der Waals surface area contributed by atoms with Gasteiger partial charge in [-0.1, -0.05) is 44.2 Å². The van der Waals surface area contributed by atoms with Gasteiger partial charge in [0.25, 0.3) is 5.91 Å². The first kappa shape index (κ1) is 22.3. The maximum Gasteiger partial charge on any atom is 0.253 e. The van der Waals surface area contributed by atoms with Crippen molar-refractivity contribution in [1.82, 2.24) is 14.8 Å². The van der Waals surface area contributed by atoms with E-state index in [0.717, 1.165) is 30.8 Å². The van der Waals surface area contributed by atoms with Crippen molar-refractivity contribution in [2.24, 2.45) is 11.8 Å². The summed E-state index contributed by atoms with van der Waals surface area (Å²) >= 11 is 0. The number of carbonyl (C=O) groups is 1. The number of aromatic amines is 1. The molecule has 1 aromatic heterocycles. The summed E-state index contributed by atoms with van der Waals surface area (Å²) in [5.74, 6) is 0.646. The highest BCUT2D eigenvalue weighted by molar-refractivity contribution is 5.94. The second kappa shape index (κ2) is 10.1. The number of likely N-dealkylation sites (tertiary alicyclic amines) is 1. The molecule has 0 aliphatic carbocycles. The Morgan fingerprint density at radius 2 is 1.91 bits per heavy atom. The number of amides is 1. The van der Waals surface area contributed by atoms with Crippen LogP contribution in [0.15, 0.2) is 72.9 Å². The monoisotopic (exact) mass is 433 g/mol. The van der Waals surface area contributed by atoms with Gasteiger partial charge in [-0.05, 0) is 53.8 Å². The van der Waals surface area contributed by atoms with Crippen LogP contribution in [0.2, 0.25) is 0 Å². The van der Waals surface area contributed by atoms with Crippen molar-refractivity contribution >= 4 is 5.91 Å². The van der Waals surface area contributed by atoms with E-state index >= 15 is 0 Å². The number of nitrogens with zero attached hydrogens (tertiary/aromatic N) is 2. The molecule has 32 heavy (non-hydrogen) atoms. The van der Waals surface area contributed by atoms with Crippen LogP contribution in [0.4, 0.5) is 4.39 Å². The maximum atomic E-state index is 14.1. The third-order valence-corrected chi connectivity index (χ3v) is 6.20. The molecule has 3 aromatic rings. The number of aromatic nitrogens is 1. The van der Waals surface area contributed by atoms with E-state index in [9.17, 15) is 9.18 Å². The Balaban J connectivity index is 1.58. The zero-order chi connectivity index (χ0) is 22.5. The van der Waals surface area contributed by atoms with E-state index in [1.807, 2.05) is 53.6 Å². The summed E-state index contributed by atoms with van der Waals surface area (Å²) in [6, 6.07) is 20.6. The topological polar surface area (TPSA) is 39.3 Å². The van der Waals surface area contributed by atoms with E-state index in [2.05, 4.69) is 29.8 Å². The molecule has 1 N–H and O–H groups in total. The van der Waals surface area contributed by atoms with Crippen LogP contribution >= 0.6 is 0 Å². The predicted octanol–water partition coefficient (Wildman–Crippen LogP) is 5.17. The van der Waals surface area contributed by atoms with E-state index in [0.29, 0.717) is 19.0 Å². The largest absolute Gasteiger partial charge is 0.364 e. The number of hydrogen-bond donors (Lipinski definition) is 1. The van der Waals surface area contributed by atoms with Gasteiger partial charge in [-0.25, -0.2) is 4.39 Å². The first-order valence-corrected chi connectivity index (χ1v) is 11.4. The van der Waals surface area contributed by atoms with Gasteiger partial charge in [-0.3, -0.25) is 9.69 Å². The Labute approximate surface area is 190 Å². The van der Waals surface area contributed by atoms with Gasteiger partial charge in [-0.15, -0.1) is 0 Å². The fraction of sp³-hybridized carbons (Fsp3) is 0.370. The van der Waals surface area contributed by atoms with Crippen LogP contribution in [0.3, 0.4) is 0 Å². The minimum absolute atomic E-state index is 0.0695. The lowest BCUT2D eigenvalue weighted by molar-refractivity contribution is 0.0703. The average molecular weight is 434 g/mol. The quantitative estimate of drug-likeness (QED) is 0.532. The molecular formula is C27H32FN3O. The van der Waals surface area contributed by atoms with Gasteiger partial charge in [0.05, 0.1) is 0 Å². The van der Waals surface area contributed by atoms with Crippen LogP contribution < -0.4 is 0 Å². The van der Waals surface area contributed by atoms with E-state index in [4.69, 9.17) is 0 Å². The number of hydrogen-bond acceptors (Lipinski definition) is 2. The number of rotatable bonds is 8. The molecule has 1 fully saturated rings. The van der Waals surface area contributed by atoms with Crippen LogP contribution in [0.5, 0.6) is 0 Å². The average Bonchev–Trinajstić information content (AvgIpc) is 3.43. The molecule has 2 unspecified atom stereocenters. The summed E-state index contributed by atoms with van der Waals surface area (Å²) in [6.07, 6.45) is 1.94. The summed E-state index contributed by atoms with van der Waals surface area (Å²) in [4.78, 5) is 21.0. The second-order valence-electron chi connectivity index (χ2n) is 9.28. The molecule has 0 bridgehead atoms. The normalized spacial score (nSPS) is 18.9. The third kappa shape index (κ3) is 5.46. The molecule has 2 heterocycles. The van der Waals surface area contributed by atoms with E-state index in [1.54, 1.807) is 12.1 Å². The van der Waals surface area contributed by atoms with Crippen LogP contribution in [0, 0.1) is 17.7 Å². The summed E-state index contributed by atoms with van der Waals surface area (Å²) in [5.41, 5.74) is 2.90. The van der Waals surface area contributed by atoms with Crippen LogP contribution in [-0.4, -0.2) is 46.9 Å². The highest BCUT2D eigenvalue weighted by Crippen LogP contribution is 2.34. The van der Waals surface area contributed by atoms with Crippen molar-refractivity contribution < 1.29 is 9.18 Å². The van der Waals surface area contributed by atoms with Gasteiger partial charge in [0, 0.05) is 56.1 Å². The first-order chi connectivity index (χ1) is 15.5. The third-order valence-electron chi connectivity index (χ3n) is 6.20. The summed E-state index contributed by atoms with van der Waals surface area (Å²) in [5, 5.41) is 0. The van der Waals surface area contributed by atoms with Crippen molar-refractivity contribution in [3.05, 3.63) is 95.6 Å². The molecule has 168 valence electrons. The van der Waals surface area contributed by atoms with Crippen molar-refractivity contribution in [3.8, 4) is 0 Å². The van der Waals surface area contributed by atoms with Gasteiger partial charge in [0.1, 0.15) is 5.82 Å². The molecule has 0 spiro atoms. The molecule has 1 aliphatic heterocycles. The molecule has 4 rings (SSSR count). The van der Waals surface area contributed by atoms with E-state index < -0.39 is 0 Å². The van der Waals surface area contributed by atoms with E-state index in [-0.39, 0.29) is 23.6 Å². The Kier molecular flexibility index (Phi) is 7.05. The molecule has 4 nitrogen and oxygen atoms in total. The number of halogens is 1. The van der Waals surface area contributed by atoms with Crippen LogP contribution in [-0.2, 0) is 6.54 Å². The molecule has 0 saturated carbocycles. The zero-order valence-corrected chi connectivity index (χ0v) is 18.9. The van der Waals surface area contributed by atoms with Gasteiger partial charge in [0.15, 0.2) is 0 Å². The van der Waals surface area contributed by atoms with Gasteiger partial charge < -0.3 is 9.88 Å². The van der Waals surface area contributed by atoms with Gasteiger partial charge in [0.2, 0.25) is 0 Å². The van der Waals surface area contributed by atoms with Crippen molar-refractivity contribution in [1.29, 1.82) is 0 Å². The molecule has 1 saturated heterocycles. The molecular weight excluding hydrogens is 401 g/mol. The smallest absolute Gasteiger partial charge is 0.253 e. The highest BCUT2D eigenvalue weighted by atomic mass is 19.1. The number of nitrogens with one attached hydrogen (secondary N) is 1. The predicted molar refractivity (Wildman–Crippen MR) is 126 cm³/mol. The number of carbonyl (C=O) groups excluding carboxylic acids is 1. The van der Waals surface area contributed by atoms with Gasteiger partial charge in [-0.2, -0.15) is 0 Å². The minimum Gasteiger partial charge on any atom is -0.364 e. The SMILES string of the molecule is CC(C)CN(CC1CN(Cc2ccc[nH]2)CC1c1cccc(F)c1)C(=O)c1ccccc1. The number of benzene rings is 2. The van der Waals surface area contributed by atoms with Crippen molar-refractivity contribution in [2.45, 2.75) is 26.3 Å². The zero-order valence-electron chi connectivity index (χ0n) is 18.9. The molecule has 2 atom stereocenters. The van der Waals surface area contributed by atoms with Gasteiger partial charge >= 0.3 is 0 Å². The summed E-state index contributed by atoms with van der Waals surface area (Å²) in [6.45, 7) is 8.19. The lowest BCUT2D eigenvalue weighted by atomic mass is 9.88. The van der Waals surface area contributed by atoms with Crippen LogP contribution in [0.1, 0.15) is 41.4 Å². The lowest BCUT2D eigenvalue weighted by Crippen LogP contribution is -2.39. The highest BCUT2D eigenvalue weighted by Gasteiger charge is 2.36. The summed E-state index contributed by atoms with van der Waals surface area (Å²) in [7, 11) is 0. The Bertz CT molecular complexity index is 1000. The molecule has 2 aromatic carbocycles. The lowest BCUT2D eigenvalue weighted by Gasteiger charge is -2.30. The summed E-state index contributed by atoms with van der Waals surface area (Å²) < 4.78 is 14.1. The molecule has 0 radical (unpaired) electrons. The Morgan fingerprint density at radius 3 is 2.59 bits per heavy atom. The van der Waals surface area contributed by atoms with E-state index in [1.165, 1.54) is 11.8 Å². The van der Waals surface area contributed by atoms with Crippen molar-refractivity contribution in [2.75, 3.05) is 26.2 Å². The fourth-order valence-corrected chi connectivity index (χ4v) is 4.82. The molecule has 1 amide bonds. The molecule has 5 heteroatoms. The van der Waals surface area contributed by atoms with Crippen molar-refractivity contribution in [3.63, 3.8) is 0 Å². The molecule has 1 aliphatic rings. The maximum absolute atomic E-state index is 14.1. The second-order valence-corrected chi connectivity index (χ2v) is 9.28. The van der Waals surface area contributed by atoms with Crippen LogP contribution in [0.25, 0.3) is 0 Å². The fourth-order valence-electron chi connectivity index (χ4n) is 4.82. The Morgan fingerprint density at radius 1 is 1.09 bits per heavy atom. The standard InChI is InChI=1S/C27H32FN3O/c1-20(2)15-31(27(32)21-8-4-3-5-9-21)17-23-16-30(18-25-12-7-13-29-25)19-26(23)22-10-6-11-24(28)14-22/h3-14,20,23,26,29H,15-19H2,1-2H3. The Hall–Kier alpha value is -2.92.